The Bertz CT molecular complexity index is 1160. The standard InChI is InChI=1S/C29H34N2O4S/c1-4-21(2)31(28(32)17-22-9-6-5-7-10-22)19-29(33)30-15-13-27-25(14-16-36-27)26(30)20-35-24-12-8-11-23(18-24)34-3/h5-12,14,16,18,21,26H,4,13,15,17,19-20H2,1-3H3. The summed E-state index contributed by atoms with van der Waals surface area (Å²) in [5.74, 6) is 1.35. The number of carbonyl (C=O) groups is 2. The molecule has 0 saturated carbocycles. The Morgan fingerprint density at radius 3 is 2.64 bits per heavy atom. The van der Waals surface area contributed by atoms with E-state index in [0.29, 0.717) is 18.9 Å². The van der Waals surface area contributed by atoms with E-state index in [-0.39, 0.29) is 36.9 Å². The predicted octanol–water partition coefficient (Wildman–Crippen LogP) is 5.13. The van der Waals surface area contributed by atoms with Crippen molar-refractivity contribution < 1.29 is 19.1 Å². The van der Waals surface area contributed by atoms with Crippen LogP contribution < -0.4 is 9.47 Å². The number of fused-ring (bicyclic) bond motifs is 1. The first-order valence-electron chi connectivity index (χ1n) is 12.5. The van der Waals surface area contributed by atoms with Gasteiger partial charge in [-0.05, 0) is 54.5 Å². The molecule has 4 rings (SSSR count). The predicted molar refractivity (Wildman–Crippen MR) is 143 cm³/mol. The van der Waals surface area contributed by atoms with E-state index < -0.39 is 0 Å². The van der Waals surface area contributed by atoms with Gasteiger partial charge in [0.15, 0.2) is 0 Å². The summed E-state index contributed by atoms with van der Waals surface area (Å²) in [6, 6.07) is 19.0. The minimum Gasteiger partial charge on any atom is -0.497 e. The summed E-state index contributed by atoms with van der Waals surface area (Å²) >= 11 is 1.72. The Labute approximate surface area is 217 Å². The van der Waals surface area contributed by atoms with E-state index in [0.717, 1.165) is 29.7 Å². The highest BCUT2D eigenvalue weighted by molar-refractivity contribution is 7.10. The molecule has 0 fully saturated rings. The summed E-state index contributed by atoms with van der Waals surface area (Å²) in [6.07, 6.45) is 1.88. The summed E-state index contributed by atoms with van der Waals surface area (Å²) in [6.45, 7) is 5.06. The number of amides is 2. The van der Waals surface area contributed by atoms with E-state index in [2.05, 4.69) is 11.4 Å². The molecule has 36 heavy (non-hydrogen) atoms. The molecule has 0 N–H and O–H groups in total. The second-order valence-corrected chi connectivity index (χ2v) is 10.1. The fraction of sp³-hybridized carbons (Fsp3) is 0.379. The quantitative estimate of drug-likeness (QED) is 0.383. The van der Waals surface area contributed by atoms with E-state index in [4.69, 9.17) is 9.47 Å². The zero-order chi connectivity index (χ0) is 25.5. The van der Waals surface area contributed by atoms with Crippen molar-refractivity contribution in [3.8, 4) is 11.5 Å². The summed E-state index contributed by atoms with van der Waals surface area (Å²) in [5.41, 5.74) is 2.09. The summed E-state index contributed by atoms with van der Waals surface area (Å²) in [5, 5.41) is 2.08. The lowest BCUT2D eigenvalue weighted by atomic mass is 10.00. The fourth-order valence-corrected chi connectivity index (χ4v) is 5.49. The van der Waals surface area contributed by atoms with Gasteiger partial charge in [-0.25, -0.2) is 0 Å². The highest BCUT2D eigenvalue weighted by Crippen LogP contribution is 2.34. The molecule has 6 nitrogen and oxygen atoms in total. The van der Waals surface area contributed by atoms with Crippen molar-refractivity contribution in [2.45, 2.75) is 45.2 Å². The van der Waals surface area contributed by atoms with Crippen LogP contribution in [0.5, 0.6) is 11.5 Å². The van der Waals surface area contributed by atoms with Gasteiger partial charge in [0.1, 0.15) is 24.7 Å². The van der Waals surface area contributed by atoms with Crippen molar-refractivity contribution in [1.82, 2.24) is 9.80 Å². The highest BCUT2D eigenvalue weighted by Gasteiger charge is 2.34. The smallest absolute Gasteiger partial charge is 0.242 e. The molecule has 2 unspecified atom stereocenters. The number of nitrogens with zero attached hydrogens (tertiary/aromatic N) is 2. The molecule has 2 aromatic carbocycles. The maximum atomic E-state index is 13.7. The maximum absolute atomic E-state index is 13.7. The van der Waals surface area contributed by atoms with Crippen LogP contribution in [0.4, 0.5) is 0 Å². The van der Waals surface area contributed by atoms with Crippen LogP contribution in [-0.2, 0) is 22.4 Å². The number of rotatable bonds is 10. The van der Waals surface area contributed by atoms with Gasteiger partial charge in [-0.2, -0.15) is 0 Å². The number of ether oxygens (including phenoxy) is 2. The zero-order valence-electron chi connectivity index (χ0n) is 21.2. The first kappa shape index (κ1) is 25.8. The van der Waals surface area contributed by atoms with Gasteiger partial charge in [0.2, 0.25) is 11.8 Å². The molecule has 2 atom stereocenters. The van der Waals surface area contributed by atoms with Crippen LogP contribution in [-0.4, -0.2) is 54.5 Å². The van der Waals surface area contributed by atoms with Crippen LogP contribution >= 0.6 is 11.3 Å². The van der Waals surface area contributed by atoms with Crippen LogP contribution in [0.1, 0.15) is 42.3 Å². The van der Waals surface area contributed by atoms with Gasteiger partial charge in [0, 0.05) is 23.5 Å². The van der Waals surface area contributed by atoms with Crippen molar-refractivity contribution in [1.29, 1.82) is 0 Å². The molecular formula is C29H34N2O4S. The number of benzene rings is 2. The number of hydrogen-bond donors (Lipinski definition) is 0. The molecule has 1 aliphatic rings. The average Bonchev–Trinajstić information content (AvgIpc) is 3.39. The van der Waals surface area contributed by atoms with Crippen molar-refractivity contribution in [2.75, 3.05) is 26.8 Å². The Morgan fingerprint density at radius 1 is 1.11 bits per heavy atom. The molecular weight excluding hydrogens is 472 g/mol. The summed E-state index contributed by atoms with van der Waals surface area (Å²) in [7, 11) is 1.63. The third-order valence-corrected chi connectivity index (χ3v) is 7.81. The van der Waals surface area contributed by atoms with Gasteiger partial charge in [0.25, 0.3) is 0 Å². The Balaban J connectivity index is 1.51. The average molecular weight is 507 g/mol. The van der Waals surface area contributed by atoms with E-state index >= 15 is 0 Å². The zero-order valence-corrected chi connectivity index (χ0v) is 22.0. The monoisotopic (exact) mass is 506 g/mol. The molecule has 7 heteroatoms. The number of thiophene rings is 1. The van der Waals surface area contributed by atoms with Crippen molar-refractivity contribution >= 4 is 23.2 Å². The molecule has 0 aliphatic carbocycles. The Kier molecular flexibility index (Phi) is 8.65. The third-order valence-electron chi connectivity index (χ3n) is 6.81. The van der Waals surface area contributed by atoms with Crippen LogP contribution in [0.3, 0.4) is 0 Å². The molecule has 1 aliphatic heterocycles. The van der Waals surface area contributed by atoms with Crippen LogP contribution in [0.2, 0.25) is 0 Å². The molecule has 2 amide bonds. The summed E-state index contributed by atoms with van der Waals surface area (Å²) in [4.78, 5) is 31.9. The molecule has 0 bridgehead atoms. The van der Waals surface area contributed by atoms with Crippen LogP contribution in [0.25, 0.3) is 0 Å². The van der Waals surface area contributed by atoms with Gasteiger partial charge in [-0.1, -0.05) is 43.3 Å². The van der Waals surface area contributed by atoms with Gasteiger partial charge in [-0.15, -0.1) is 11.3 Å². The molecule has 0 saturated heterocycles. The largest absolute Gasteiger partial charge is 0.497 e. The van der Waals surface area contributed by atoms with Gasteiger partial charge < -0.3 is 19.3 Å². The molecule has 3 aromatic rings. The lowest BCUT2D eigenvalue weighted by Crippen LogP contribution is -2.50. The Morgan fingerprint density at radius 2 is 1.89 bits per heavy atom. The number of hydrogen-bond acceptors (Lipinski definition) is 5. The Hall–Kier alpha value is -3.32. The highest BCUT2D eigenvalue weighted by atomic mass is 32.1. The second-order valence-electron chi connectivity index (χ2n) is 9.08. The molecule has 0 radical (unpaired) electrons. The van der Waals surface area contributed by atoms with Crippen molar-refractivity contribution in [3.05, 3.63) is 82.0 Å². The lowest BCUT2D eigenvalue weighted by Gasteiger charge is -2.38. The third kappa shape index (κ3) is 6.08. The molecule has 190 valence electrons. The minimum atomic E-state index is -0.207. The fourth-order valence-electron chi connectivity index (χ4n) is 4.56. The minimum absolute atomic E-state index is 0.0266. The lowest BCUT2D eigenvalue weighted by molar-refractivity contribution is -0.144. The normalized spacial score (nSPS) is 15.6. The van der Waals surface area contributed by atoms with E-state index in [9.17, 15) is 9.59 Å². The van der Waals surface area contributed by atoms with Gasteiger partial charge in [0.05, 0.1) is 19.6 Å². The van der Waals surface area contributed by atoms with E-state index in [1.807, 2.05) is 73.3 Å². The number of carbonyl (C=O) groups excluding carboxylic acids is 2. The van der Waals surface area contributed by atoms with Crippen molar-refractivity contribution in [2.24, 2.45) is 0 Å². The van der Waals surface area contributed by atoms with E-state index in [1.54, 1.807) is 23.3 Å². The van der Waals surface area contributed by atoms with E-state index in [1.165, 1.54) is 4.88 Å². The maximum Gasteiger partial charge on any atom is 0.242 e. The van der Waals surface area contributed by atoms with Gasteiger partial charge >= 0.3 is 0 Å². The first-order valence-corrected chi connectivity index (χ1v) is 13.3. The molecule has 2 heterocycles. The molecule has 1 aromatic heterocycles. The van der Waals surface area contributed by atoms with Crippen LogP contribution in [0, 0.1) is 0 Å². The second kappa shape index (κ2) is 12.1. The van der Waals surface area contributed by atoms with Crippen molar-refractivity contribution in [3.63, 3.8) is 0 Å². The SMILES string of the molecule is CCC(C)N(CC(=O)N1CCc2sccc2C1COc1cccc(OC)c1)C(=O)Cc1ccccc1. The van der Waals surface area contributed by atoms with Crippen LogP contribution in [0.15, 0.2) is 66.0 Å². The van der Waals surface area contributed by atoms with Gasteiger partial charge in [-0.3, -0.25) is 9.59 Å². The summed E-state index contributed by atoms with van der Waals surface area (Å²) < 4.78 is 11.5. The number of methoxy groups -OCH3 is 1. The topological polar surface area (TPSA) is 59.1 Å². The first-order chi connectivity index (χ1) is 17.5. The molecule has 0 spiro atoms.